The van der Waals surface area contributed by atoms with Crippen LogP contribution >= 0.6 is 0 Å². The molecule has 2 N–H and O–H groups in total. The molecule has 0 spiro atoms. The second-order valence-electron chi connectivity index (χ2n) is 4.17. The first kappa shape index (κ1) is 14.7. The van der Waals surface area contributed by atoms with Gasteiger partial charge in [-0.25, -0.2) is 9.97 Å². The van der Waals surface area contributed by atoms with Gasteiger partial charge in [-0.2, -0.15) is 13.2 Å². The Balaban J connectivity index is 2.98. The van der Waals surface area contributed by atoms with Gasteiger partial charge in [0.1, 0.15) is 5.69 Å². The van der Waals surface area contributed by atoms with E-state index in [-0.39, 0.29) is 12.0 Å². The van der Waals surface area contributed by atoms with Crippen LogP contribution in [0.5, 0.6) is 0 Å². The lowest BCUT2D eigenvalue weighted by Crippen LogP contribution is -2.34. The number of alkyl halides is 3. The minimum absolute atomic E-state index is 0.0139. The number of anilines is 1. The highest BCUT2D eigenvalue weighted by atomic mass is 19.4. The number of nitrogens with two attached hydrogens (primary N) is 1. The van der Waals surface area contributed by atoms with E-state index in [4.69, 9.17) is 5.73 Å². The van der Waals surface area contributed by atoms with Gasteiger partial charge in [0.15, 0.2) is 0 Å². The highest BCUT2D eigenvalue weighted by Gasteiger charge is 2.33. The zero-order chi connectivity index (χ0) is 13.8. The number of hydrogen-bond acceptors (Lipinski definition) is 4. The van der Waals surface area contributed by atoms with Gasteiger partial charge in [0.2, 0.25) is 5.95 Å². The van der Waals surface area contributed by atoms with Gasteiger partial charge in [0.05, 0.1) is 0 Å². The molecular formula is C11H17F3N4. The van der Waals surface area contributed by atoms with Crippen molar-refractivity contribution in [3.8, 4) is 0 Å². The Morgan fingerprint density at radius 3 is 2.56 bits per heavy atom. The second-order valence-corrected chi connectivity index (χ2v) is 4.17. The zero-order valence-electron chi connectivity index (χ0n) is 10.4. The lowest BCUT2D eigenvalue weighted by atomic mass is 10.3. The Morgan fingerprint density at radius 2 is 2.06 bits per heavy atom. The Kier molecular flexibility index (Phi) is 4.89. The maximum atomic E-state index is 12.6. The molecule has 7 heteroatoms. The summed E-state index contributed by atoms with van der Waals surface area (Å²) < 4.78 is 37.7. The average Bonchev–Trinajstić information content (AvgIpc) is 2.28. The monoisotopic (exact) mass is 262 g/mol. The van der Waals surface area contributed by atoms with Crippen LogP contribution in [0.4, 0.5) is 19.1 Å². The molecule has 1 aromatic heterocycles. The van der Waals surface area contributed by atoms with Crippen LogP contribution in [0.15, 0.2) is 12.3 Å². The fraction of sp³-hybridized carbons (Fsp3) is 0.636. The van der Waals surface area contributed by atoms with Crippen LogP contribution in [-0.4, -0.2) is 29.1 Å². The van der Waals surface area contributed by atoms with Gasteiger partial charge in [0.25, 0.3) is 0 Å². The molecule has 0 aliphatic carbocycles. The lowest BCUT2D eigenvalue weighted by Gasteiger charge is -2.26. The molecule has 1 heterocycles. The summed E-state index contributed by atoms with van der Waals surface area (Å²) in [6, 6.07) is 0.880. The molecule has 0 aliphatic rings. The highest BCUT2D eigenvalue weighted by Crippen LogP contribution is 2.28. The molecule has 4 nitrogen and oxygen atoms in total. The molecule has 0 aromatic carbocycles. The van der Waals surface area contributed by atoms with E-state index in [1.165, 1.54) is 0 Å². The summed E-state index contributed by atoms with van der Waals surface area (Å²) in [5.41, 5.74) is 4.48. The van der Waals surface area contributed by atoms with Gasteiger partial charge in [-0.1, -0.05) is 0 Å². The summed E-state index contributed by atoms with van der Waals surface area (Å²) in [6.45, 7) is 4.76. The Bertz CT molecular complexity index is 379. The van der Waals surface area contributed by atoms with E-state index in [1.54, 1.807) is 4.90 Å². The molecule has 102 valence electrons. The van der Waals surface area contributed by atoms with Crippen molar-refractivity contribution in [3.05, 3.63) is 18.0 Å². The fourth-order valence-electron chi connectivity index (χ4n) is 1.50. The average molecular weight is 262 g/mol. The molecular weight excluding hydrogens is 245 g/mol. The summed E-state index contributed by atoms with van der Waals surface area (Å²) in [5, 5.41) is 0. The summed E-state index contributed by atoms with van der Waals surface area (Å²) >= 11 is 0. The van der Waals surface area contributed by atoms with E-state index < -0.39 is 11.9 Å². The van der Waals surface area contributed by atoms with Crippen molar-refractivity contribution in [1.82, 2.24) is 9.97 Å². The minimum atomic E-state index is -4.45. The van der Waals surface area contributed by atoms with Crippen molar-refractivity contribution < 1.29 is 13.2 Å². The summed E-state index contributed by atoms with van der Waals surface area (Å²) in [7, 11) is 0. The van der Waals surface area contributed by atoms with Gasteiger partial charge < -0.3 is 10.6 Å². The molecule has 1 rings (SSSR count). The van der Waals surface area contributed by atoms with Crippen molar-refractivity contribution in [3.63, 3.8) is 0 Å². The Labute approximate surface area is 104 Å². The molecule has 0 atom stereocenters. The third-order valence-corrected chi connectivity index (χ3v) is 2.42. The van der Waals surface area contributed by atoms with E-state index in [9.17, 15) is 13.2 Å². The van der Waals surface area contributed by atoms with Crippen molar-refractivity contribution in [1.29, 1.82) is 0 Å². The quantitative estimate of drug-likeness (QED) is 0.882. The molecule has 0 aliphatic heterocycles. The Hall–Kier alpha value is -1.37. The van der Waals surface area contributed by atoms with E-state index in [1.807, 2.05) is 13.8 Å². The number of nitrogens with zero attached hydrogens (tertiary/aromatic N) is 3. The van der Waals surface area contributed by atoms with Crippen LogP contribution in [-0.2, 0) is 6.18 Å². The van der Waals surface area contributed by atoms with Crippen molar-refractivity contribution >= 4 is 5.95 Å². The molecule has 0 amide bonds. The van der Waals surface area contributed by atoms with Crippen LogP contribution in [0.2, 0.25) is 0 Å². The highest BCUT2D eigenvalue weighted by molar-refractivity contribution is 5.32. The number of aromatic nitrogens is 2. The fourth-order valence-corrected chi connectivity index (χ4v) is 1.50. The van der Waals surface area contributed by atoms with Gasteiger partial charge in [0, 0.05) is 18.8 Å². The van der Waals surface area contributed by atoms with E-state index in [0.717, 1.165) is 12.3 Å². The van der Waals surface area contributed by atoms with E-state index >= 15 is 0 Å². The SMILES string of the molecule is CC(C)N(CCCN)c1nccc(C(F)(F)F)n1. The lowest BCUT2D eigenvalue weighted by molar-refractivity contribution is -0.141. The van der Waals surface area contributed by atoms with Crippen LogP contribution < -0.4 is 10.6 Å². The smallest absolute Gasteiger partial charge is 0.338 e. The van der Waals surface area contributed by atoms with Crippen molar-refractivity contribution in [2.24, 2.45) is 5.73 Å². The van der Waals surface area contributed by atoms with E-state index in [0.29, 0.717) is 19.5 Å². The van der Waals surface area contributed by atoms with Crippen molar-refractivity contribution in [2.45, 2.75) is 32.5 Å². The second kappa shape index (κ2) is 5.99. The van der Waals surface area contributed by atoms with Crippen LogP contribution in [0, 0.1) is 0 Å². The van der Waals surface area contributed by atoms with Gasteiger partial charge >= 0.3 is 6.18 Å². The minimum Gasteiger partial charge on any atom is -0.338 e. The summed E-state index contributed by atoms with van der Waals surface area (Å²) in [6.07, 6.45) is -2.64. The first-order valence-corrected chi connectivity index (χ1v) is 5.73. The predicted molar refractivity (Wildman–Crippen MR) is 63.2 cm³/mol. The number of hydrogen-bond donors (Lipinski definition) is 1. The topological polar surface area (TPSA) is 55.0 Å². The summed E-state index contributed by atoms with van der Waals surface area (Å²) in [4.78, 5) is 9.18. The summed E-state index contributed by atoms with van der Waals surface area (Å²) in [5.74, 6) is 0.0910. The molecule has 0 saturated heterocycles. The molecule has 18 heavy (non-hydrogen) atoms. The van der Waals surface area contributed by atoms with Gasteiger partial charge in [-0.15, -0.1) is 0 Å². The largest absolute Gasteiger partial charge is 0.433 e. The van der Waals surface area contributed by atoms with E-state index in [2.05, 4.69) is 9.97 Å². The van der Waals surface area contributed by atoms with Crippen molar-refractivity contribution in [2.75, 3.05) is 18.0 Å². The number of rotatable bonds is 5. The third kappa shape index (κ3) is 3.83. The first-order valence-electron chi connectivity index (χ1n) is 5.73. The molecule has 0 unspecified atom stereocenters. The van der Waals surface area contributed by atoms with Gasteiger partial charge in [-0.3, -0.25) is 0 Å². The van der Waals surface area contributed by atoms with Crippen LogP contribution in [0.25, 0.3) is 0 Å². The zero-order valence-corrected chi connectivity index (χ0v) is 10.4. The molecule has 0 fully saturated rings. The number of halogens is 3. The molecule has 0 radical (unpaired) electrons. The Morgan fingerprint density at radius 1 is 1.39 bits per heavy atom. The van der Waals surface area contributed by atoms with Crippen LogP contribution in [0.1, 0.15) is 26.0 Å². The normalized spacial score (nSPS) is 11.9. The van der Waals surface area contributed by atoms with Gasteiger partial charge in [-0.05, 0) is 32.9 Å². The predicted octanol–water partition coefficient (Wildman–Crippen LogP) is 2.06. The molecule has 0 saturated carbocycles. The standard InChI is InChI=1S/C11H17F3N4/c1-8(2)18(7-3-5-15)10-16-6-4-9(17-10)11(12,13)14/h4,6,8H,3,5,7,15H2,1-2H3. The van der Waals surface area contributed by atoms with Crippen LogP contribution in [0.3, 0.4) is 0 Å². The maximum absolute atomic E-state index is 12.6. The first-order chi connectivity index (χ1) is 8.36. The maximum Gasteiger partial charge on any atom is 0.433 e. The molecule has 1 aromatic rings. The molecule has 0 bridgehead atoms. The third-order valence-electron chi connectivity index (χ3n) is 2.42.